The number of aryl methyl sites for hydroxylation is 1. The van der Waals surface area contributed by atoms with E-state index in [-0.39, 0.29) is 12.1 Å². The standard InChI is InChI=1S/C14H23NO3S/c1-4-7-12(17-5-2)14-15-11(10-19-14)8-9-13(16)18-6-3/h10,12H,4-9H2,1-3H3. The number of rotatable bonds is 9. The van der Waals surface area contributed by atoms with Gasteiger partial charge in [0.15, 0.2) is 0 Å². The zero-order valence-electron chi connectivity index (χ0n) is 12.0. The van der Waals surface area contributed by atoms with Crippen molar-refractivity contribution < 1.29 is 14.3 Å². The maximum absolute atomic E-state index is 11.3. The number of hydrogen-bond acceptors (Lipinski definition) is 5. The normalized spacial score (nSPS) is 12.4. The first-order chi connectivity index (χ1) is 9.21. The zero-order valence-corrected chi connectivity index (χ0v) is 12.8. The molecule has 0 aliphatic heterocycles. The summed E-state index contributed by atoms with van der Waals surface area (Å²) < 4.78 is 10.6. The van der Waals surface area contributed by atoms with Crippen LogP contribution in [0, 0.1) is 0 Å². The summed E-state index contributed by atoms with van der Waals surface area (Å²) >= 11 is 1.61. The first-order valence-corrected chi connectivity index (χ1v) is 7.80. The van der Waals surface area contributed by atoms with Crippen LogP contribution in [0.25, 0.3) is 0 Å². The highest BCUT2D eigenvalue weighted by Crippen LogP contribution is 2.26. The molecule has 0 fully saturated rings. The molecule has 0 radical (unpaired) electrons. The SMILES string of the molecule is CCCC(OCC)c1nc(CCC(=O)OCC)cs1. The highest BCUT2D eigenvalue weighted by molar-refractivity contribution is 7.09. The average molecular weight is 285 g/mol. The van der Waals surface area contributed by atoms with E-state index in [9.17, 15) is 4.79 Å². The molecule has 1 atom stereocenters. The van der Waals surface area contributed by atoms with Gasteiger partial charge in [0.1, 0.15) is 11.1 Å². The molecule has 0 bridgehead atoms. The van der Waals surface area contributed by atoms with Gasteiger partial charge in [0, 0.05) is 18.4 Å². The average Bonchev–Trinajstić information content (AvgIpc) is 2.85. The van der Waals surface area contributed by atoms with E-state index < -0.39 is 0 Å². The number of thiazole rings is 1. The van der Waals surface area contributed by atoms with Gasteiger partial charge in [-0.25, -0.2) is 4.98 Å². The molecule has 108 valence electrons. The number of ether oxygens (including phenoxy) is 2. The van der Waals surface area contributed by atoms with Crippen LogP contribution in [0.4, 0.5) is 0 Å². The highest BCUT2D eigenvalue weighted by Gasteiger charge is 2.15. The van der Waals surface area contributed by atoms with Gasteiger partial charge in [0.05, 0.1) is 18.7 Å². The quantitative estimate of drug-likeness (QED) is 0.651. The monoisotopic (exact) mass is 285 g/mol. The molecule has 0 N–H and O–H groups in total. The predicted octanol–water partition coefficient (Wildman–Crippen LogP) is 3.52. The molecule has 0 aliphatic rings. The van der Waals surface area contributed by atoms with Crippen LogP contribution in [-0.4, -0.2) is 24.2 Å². The molecule has 1 heterocycles. The number of carbonyl (C=O) groups excluding carboxylic acids is 1. The number of aromatic nitrogens is 1. The Kier molecular flexibility index (Phi) is 7.67. The minimum Gasteiger partial charge on any atom is -0.466 e. The Hall–Kier alpha value is -0.940. The smallest absolute Gasteiger partial charge is 0.306 e. The van der Waals surface area contributed by atoms with Crippen LogP contribution >= 0.6 is 11.3 Å². The number of nitrogens with zero attached hydrogens (tertiary/aromatic N) is 1. The van der Waals surface area contributed by atoms with E-state index in [2.05, 4.69) is 11.9 Å². The lowest BCUT2D eigenvalue weighted by molar-refractivity contribution is -0.143. The molecule has 1 aromatic rings. The maximum Gasteiger partial charge on any atom is 0.306 e. The van der Waals surface area contributed by atoms with Crippen LogP contribution in [0.5, 0.6) is 0 Å². The molecule has 0 amide bonds. The second-order valence-electron chi connectivity index (χ2n) is 4.21. The topological polar surface area (TPSA) is 48.4 Å². The van der Waals surface area contributed by atoms with E-state index in [4.69, 9.17) is 9.47 Å². The van der Waals surface area contributed by atoms with E-state index >= 15 is 0 Å². The largest absolute Gasteiger partial charge is 0.466 e. The lowest BCUT2D eigenvalue weighted by atomic mass is 10.2. The molecule has 0 spiro atoms. The van der Waals surface area contributed by atoms with Gasteiger partial charge in [-0.15, -0.1) is 11.3 Å². The third-order valence-electron chi connectivity index (χ3n) is 2.65. The lowest BCUT2D eigenvalue weighted by Crippen LogP contribution is -2.06. The lowest BCUT2D eigenvalue weighted by Gasteiger charge is -2.12. The third-order valence-corrected chi connectivity index (χ3v) is 3.64. The molecule has 1 rings (SSSR count). The Bertz CT molecular complexity index is 373. The predicted molar refractivity (Wildman–Crippen MR) is 76.3 cm³/mol. The zero-order chi connectivity index (χ0) is 14.1. The van der Waals surface area contributed by atoms with E-state index in [1.54, 1.807) is 11.3 Å². The van der Waals surface area contributed by atoms with E-state index in [0.29, 0.717) is 26.1 Å². The molecule has 19 heavy (non-hydrogen) atoms. The summed E-state index contributed by atoms with van der Waals surface area (Å²) in [6.45, 7) is 7.09. The van der Waals surface area contributed by atoms with E-state index in [0.717, 1.165) is 23.5 Å². The number of hydrogen-bond donors (Lipinski definition) is 0. The summed E-state index contributed by atoms with van der Waals surface area (Å²) in [6.07, 6.45) is 3.18. The van der Waals surface area contributed by atoms with Crippen LogP contribution in [0.3, 0.4) is 0 Å². The Labute approximate surface area is 119 Å². The number of esters is 1. The van der Waals surface area contributed by atoms with Gasteiger partial charge in [-0.1, -0.05) is 13.3 Å². The molecule has 4 nitrogen and oxygen atoms in total. The van der Waals surface area contributed by atoms with Crippen LogP contribution in [-0.2, 0) is 20.7 Å². The fourth-order valence-electron chi connectivity index (χ4n) is 1.79. The fourth-order valence-corrected chi connectivity index (χ4v) is 2.73. The van der Waals surface area contributed by atoms with Gasteiger partial charge in [-0.05, 0) is 20.3 Å². The molecule has 0 aromatic carbocycles. The maximum atomic E-state index is 11.3. The highest BCUT2D eigenvalue weighted by atomic mass is 32.1. The summed E-state index contributed by atoms with van der Waals surface area (Å²) in [7, 11) is 0. The first kappa shape index (κ1) is 16.1. The van der Waals surface area contributed by atoms with Crippen LogP contribution < -0.4 is 0 Å². The van der Waals surface area contributed by atoms with Crippen molar-refractivity contribution in [2.45, 2.75) is 52.6 Å². The van der Waals surface area contributed by atoms with Gasteiger partial charge >= 0.3 is 5.97 Å². The van der Waals surface area contributed by atoms with Crippen molar-refractivity contribution in [3.63, 3.8) is 0 Å². The van der Waals surface area contributed by atoms with E-state index in [1.807, 2.05) is 19.2 Å². The minimum atomic E-state index is -0.160. The van der Waals surface area contributed by atoms with Gasteiger partial charge in [0.25, 0.3) is 0 Å². The molecule has 0 saturated carbocycles. The Morgan fingerprint density at radius 2 is 2.16 bits per heavy atom. The second-order valence-corrected chi connectivity index (χ2v) is 5.10. The second kappa shape index (κ2) is 9.04. The number of carbonyl (C=O) groups is 1. The molecule has 5 heteroatoms. The van der Waals surface area contributed by atoms with Gasteiger partial charge in [-0.2, -0.15) is 0 Å². The summed E-state index contributed by atoms with van der Waals surface area (Å²) in [6, 6.07) is 0. The summed E-state index contributed by atoms with van der Waals surface area (Å²) in [4.78, 5) is 15.9. The van der Waals surface area contributed by atoms with Crippen LogP contribution in [0.15, 0.2) is 5.38 Å². The third kappa shape index (κ3) is 5.70. The van der Waals surface area contributed by atoms with Gasteiger partial charge < -0.3 is 9.47 Å². The first-order valence-electron chi connectivity index (χ1n) is 6.92. The Balaban J connectivity index is 2.52. The van der Waals surface area contributed by atoms with Crippen molar-refractivity contribution in [1.82, 2.24) is 4.98 Å². The van der Waals surface area contributed by atoms with Crippen LogP contribution in [0.2, 0.25) is 0 Å². The molecule has 1 aromatic heterocycles. The minimum absolute atomic E-state index is 0.0938. The Morgan fingerprint density at radius 3 is 2.79 bits per heavy atom. The summed E-state index contributed by atoms with van der Waals surface area (Å²) in [5.74, 6) is -0.160. The van der Waals surface area contributed by atoms with Crippen molar-refractivity contribution in [2.75, 3.05) is 13.2 Å². The van der Waals surface area contributed by atoms with E-state index in [1.165, 1.54) is 0 Å². The summed E-state index contributed by atoms with van der Waals surface area (Å²) in [5, 5.41) is 3.03. The van der Waals surface area contributed by atoms with Crippen molar-refractivity contribution >= 4 is 17.3 Å². The van der Waals surface area contributed by atoms with Crippen molar-refractivity contribution in [2.24, 2.45) is 0 Å². The Morgan fingerprint density at radius 1 is 1.37 bits per heavy atom. The molecular weight excluding hydrogens is 262 g/mol. The van der Waals surface area contributed by atoms with Crippen molar-refractivity contribution in [1.29, 1.82) is 0 Å². The molecule has 1 unspecified atom stereocenters. The van der Waals surface area contributed by atoms with Gasteiger partial charge in [0.2, 0.25) is 0 Å². The fraction of sp³-hybridized carbons (Fsp3) is 0.714. The molecule has 0 saturated heterocycles. The van der Waals surface area contributed by atoms with Crippen molar-refractivity contribution in [3.8, 4) is 0 Å². The molecule has 0 aliphatic carbocycles. The van der Waals surface area contributed by atoms with Crippen molar-refractivity contribution in [3.05, 3.63) is 16.1 Å². The van der Waals surface area contributed by atoms with Gasteiger partial charge in [-0.3, -0.25) is 4.79 Å². The van der Waals surface area contributed by atoms with Crippen LogP contribution in [0.1, 0.15) is 56.8 Å². The summed E-state index contributed by atoms with van der Waals surface area (Å²) in [5.41, 5.74) is 0.953. The molecular formula is C14H23NO3S.